The molecule has 0 aliphatic carbocycles. The highest BCUT2D eigenvalue weighted by molar-refractivity contribution is 6.32. The molecule has 1 aromatic rings. The van der Waals surface area contributed by atoms with Gasteiger partial charge in [0.1, 0.15) is 5.75 Å². The Bertz CT molecular complexity index is 444. The van der Waals surface area contributed by atoms with E-state index in [2.05, 4.69) is 5.32 Å². The second kappa shape index (κ2) is 6.78. The molecule has 1 N–H and O–H groups in total. The number of nitrogens with one attached hydrogen (secondary N) is 1. The van der Waals surface area contributed by atoms with Crippen molar-refractivity contribution in [1.82, 2.24) is 0 Å². The summed E-state index contributed by atoms with van der Waals surface area (Å²) >= 11 is 6.00. The molecule has 0 spiro atoms. The normalized spacial score (nSPS) is 18.9. The van der Waals surface area contributed by atoms with Crippen LogP contribution in [0, 0.1) is 0 Å². The van der Waals surface area contributed by atoms with Crippen molar-refractivity contribution in [2.75, 3.05) is 19.0 Å². The van der Waals surface area contributed by atoms with Gasteiger partial charge in [-0.2, -0.15) is 0 Å². The minimum absolute atomic E-state index is 0.0440. The highest BCUT2D eigenvalue weighted by Crippen LogP contribution is 2.27. The van der Waals surface area contributed by atoms with Crippen molar-refractivity contribution in [2.24, 2.45) is 0 Å². The third-order valence-electron chi connectivity index (χ3n) is 3.12. The smallest absolute Gasteiger partial charge is 0.226 e. The maximum absolute atomic E-state index is 11.9. The minimum Gasteiger partial charge on any atom is -0.495 e. The van der Waals surface area contributed by atoms with E-state index < -0.39 is 0 Å². The second-order valence-electron chi connectivity index (χ2n) is 4.59. The summed E-state index contributed by atoms with van der Waals surface area (Å²) in [6, 6.07) is 5.18. The van der Waals surface area contributed by atoms with E-state index in [1.807, 2.05) is 0 Å². The van der Waals surface area contributed by atoms with Crippen LogP contribution in [0.1, 0.15) is 25.7 Å². The first-order chi connectivity index (χ1) is 9.19. The zero-order chi connectivity index (χ0) is 13.7. The lowest BCUT2D eigenvalue weighted by atomic mass is 10.1. The van der Waals surface area contributed by atoms with Crippen molar-refractivity contribution >= 4 is 23.2 Å². The molecule has 1 unspecified atom stereocenters. The third-order valence-corrected chi connectivity index (χ3v) is 3.42. The van der Waals surface area contributed by atoms with Gasteiger partial charge in [0.25, 0.3) is 0 Å². The van der Waals surface area contributed by atoms with Crippen LogP contribution in [0.3, 0.4) is 0 Å². The van der Waals surface area contributed by atoms with Crippen molar-refractivity contribution < 1.29 is 14.3 Å². The van der Waals surface area contributed by atoms with Gasteiger partial charge in [0.2, 0.25) is 5.91 Å². The zero-order valence-corrected chi connectivity index (χ0v) is 11.7. The number of methoxy groups -OCH3 is 1. The Morgan fingerprint density at radius 3 is 3.00 bits per heavy atom. The number of carbonyl (C=O) groups is 1. The Hall–Kier alpha value is -1.26. The van der Waals surface area contributed by atoms with E-state index in [9.17, 15) is 4.79 Å². The van der Waals surface area contributed by atoms with Gasteiger partial charge in [-0.1, -0.05) is 11.6 Å². The van der Waals surface area contributed by atoms with Gasteiger partial charge in [0.15, 0.2) is 0 Å². The number of carbonyl (C=O) groups excluding carboxylic acids is 1. The van der Waals surface area contributed by atoms with Gasteiger partial charge in [-0.05, 0) is 37.5 Å². The molecule has 0 aromatic heterocycles. The van der Waals surface area contributed by atoms with Crippen LogP contribution in [0.15, 0.2) is 18.2 Å². The Morgan fingerprint density at radius 2 is 2.37 bits per heavy atom. The molecule has 1 aliphatic rings. The van der Waals surface area contributed by atoms with E-state index in [1.165, 1.54) is 0 Å². The van der Waals surface area contributed by atoms with Crippen LogP contribution >= 0.6 is 11.6 Å². The summed E-state index contributed by atoms with van der Waals surface area (Å²) in [6.45, 7) is 0.756. The van der Waals surface area contributed by atoms with Crippen molar-refractivity contribution in [3.05, 3.63) is 23.2 Å². The van der Waals surface area contributed by atoms with E-state index in [-0.39, 0.29) is 12.0 Å². The molecule has 5 heteroatoms. The molecule has 4 nitrogen and oxygen atoms in total. The molecule has 1 aliphatic heterocycles. The molecule has 1 fully saturated rings. The number of anilines is 1. The van der Waals surface area contributed by atoms with Gasteiger partial charge >= 0.3 is 0 Å². The summed E-state index contributed by atoms with van der Waals surface area (Å²) in [5, 5.41) is 3.30. The molecular formula is C14H18ClNO3. The number of amides is 1. The van der Waals surface area contributed by atoms with Crippen molar-refractivity contribution in [1.29, 1.82) is 0 Å². The first-order valence-electron chi connectivity index (χ1n) is 6.44. The summed E-state index contributed by atoms with van der Waals surface area (Å²) in [5.74, 6) is 0.545. The molecule has 0 bridgehead atoms. The molecule has 104 valence electrons. The lowest BCUT2D eigenvalue weighted by Gasteiger charge is -2.22. The molecule has 19 heavy (non-hydrogen) atoms. The number of ether oxygens (including phenoxy) is 2. The summed E-state index contributed by atoms with van der Waals surface area (Å²) in [5.41, 5.74) is 0.673. The van der Waals surface area contributed by atoms with Gasteiger partial charge in [-0.25, -0.2) is 0 Å². The van der Waals surface area contributed by atoms with Gasteiger partial charge in [0, 0.05) is 12.3 Å². The Labute approximate surface area is 118 Å². The van der Waals surface area contributed by atoms with E-state index in [1.54, 1.807) is 25.3 Å². The molecule has 1 amide bonds. The fourth-order valence-electron chi connectivity index (χ4n) is 2.13. The van der Waals surface area contributed by atoms with E-state index in [0.29, 0.717) is 22.9 Å². The predicted molar refractivity (Wildman–Crippen MR) is 74.8 cm³/mol. The van der Waals surface area contributed by atoms with Crippen molar-refractivity contribution in [3.63, 3.8) is 0 Å². The van der Waals surface area contributed by atoms with Crippen molar-refractivity contribution in [3.8, 4) is 5.75 Å². The van der Waals surface area contributed by atoms with Crippen molar-refractivity contribution in [2.45, 2.75) is 31.8 Å². The van der Waals surface area contributed by atoms with Gasteiger partial charge in [-0.3, -0.25) is 4.79 Å². The van der Waals surface area contributed by atoms with Crippen LogP contribution < -0.4 is 10.1 Å². The Kier molecular flexibility index (Phi) is 5.05. The average molecular weight is 284 g/mol. The van der Waals surface area contributed by atoms with Gasteiger partial charge < -0.3 is 14.8 Å². The Morgan fingerprint density at radius 1 is 1.53 bits per heavy atom. The molecule has 1 saturated heterocycles. The fraction of sp³-hybridized carbons (Fsp3) is 0.500. The topological polar surface area (TPSA) is 47.6 Å². The lowest BCUT2D eigenvalue weighted by Crippen LogP contribution is -2.25. The lowest BCUT2D eigenvalue weighted by molar-refractivity contribution is -0.119. The van der Waals surface area contributed by atoms with Gasteiger partial charge in [0.05, 0.1) is 24.7 Å². The zero-order valence-electron chi connectivity index (χ0n) is 10.9. The molecule has 0 saturated carbocycles. The molecule has 1 heterocycles. The number of hydrogen-bond acceptors (Lipinski definition) is 3. The standard InChI is InChI=1S/C14H18ClNO3/c1-18-13-6-5-10(8-12(13)15)16-14(17)9-11-4-2-3-7-19-11/h5-6,8,11H,2-4,7,9H2,1H3,(H,16,17). The van der Waals surface area contributed by atoms with E-state index >= 15 is 0 Å². The average Bonchev–Trinajstić information content (AvgIpc) is 2.40. The van der Waals surface area contributed by atoms with Crippen LogP contribution in [0.25, 0.3) is 0 Å². The van der Waals surface area contributed by atoms with Crippen LogP contribution in [-0.2, 0) is 9.53 Å². The molecule has 1 aromatic carbocycles. The van der Waals surface area contributed by atoms with Crippen LogP contribution in [0.4, 0.5) is 5.69 Å². The third kappa shape index (κ3) is 4.11. The molecular weight excluding hydrogens is 266 g/mol. The first-order valence-corrected chi connectivity index (χ1v) is 6.82. The largest absolute Gasteiger partial charge is 0.495 e. The highest BCUT2D eigenvalue weighted by atomic mass is 35.5. The summed E-state index contributed by atoms with van der Waals surface area (Å²) in [6.07, 6.45) is 3.61. The van der Waals surface area contributed by atoms with E-state index in [0.717, 1.165) is 25.9 Å². The first kappa shape index (κ1) is 14.2. The summed E-state index contributed by atoms with van der Waals surface area (Å²) in [4.78, 5) is 11.9. The summed E-state index contributed by atoms with van der Waals surface area (Å²) < 4.78 is 10.6. The second-order valence-corrected chi connectivity index (χ2v) is 5.00. The molecule has 0 radical (unpaired) electrons. The fourth-order valence-corrected chi connectivity index (χ4v) is 2.39. The quantitative estimate of drug-likeness (QED) is 0.923. The molecule has 1 atom stereocenters. The van der Waals surface area contributed by atoms with Crippen LogP contribution in [0.5, 0.6) is 5.75 Å². The number of rotatable bonds is 4. The molecule has 2 rings (SSSR count). The Balaban J connectivity index is 1.89. The number of halogens is 1. The highest BCUT2D eigenvalue weighted by Gasteiger charge is 2.17. The summed E-state index contributed by atoms with van der Waals surface area (Å²) in [7, 11) is 1.56. The van der Waals surface area contributed by atoms with Crippen LogP contribution in [-0.4, -0.2) is 25.7 Å². The maximum Gasteiger partial charge on any atom is 0.226 e. The van der Waals surface area contributed by atoms with Crippen LogP contribution in [0.2, 0.25) is 5.02 Å². The number of hydrogen-bond donors (Lipinski definition) is 1. The monoisotopic (exact) mass is 283 g/mol. The van der Waals surface area contributed by atoms with Gasteiger partial charge in [-0.15, -0.1) is 0 Å². The SMILES string of the molecule is COc1ccc(NC(=O)CC2CCCCO2)cc1Cl. The maximum atomic E-state index is 11.9. The minimum atomic E-state index is -0.0480. The number of benzene rings is 1. The predicted octanol–water partition coefficient (Wildman–Crippen LogP) is 3.25. The van der Waals surface area contributed by atoms with E-state index in [4.69, 9.17) is 21.1 Å².